The van der Waals surface area contributed by atoms with E-state index < -0.39 is 5.97 Å². The van der Waals surface area contributed by atoms with Crippen molar-refractivity contribution in [3.8, 4) is 17.5 Å². The van der Waals surface area contributed by atoms with E-state index in [-0.39, 0.29) is 11.6 Å². The lowest BCUT2D eigenvalue weighted by Crippen LogP contribution is -2.36. The van der Waals surface area contributed by atoms with Crippen molar-refractivity contribution in [2.24, 2.45) is 5.92 Å². The van der Waals surface area contributed by atoms with Gasteiger partial charge < -0.3 is 14.4 Å². The van der Waals surface area contributed by atoms with Crippen molar-refractivity contribution >= 4 is 23.5 Å². The van der Waals surface area contributed by atoms with Gasteiger partial charge in [-0.25, -0.2) is 0 Å². The smallest absolute Gasteiger partial charge is 0.306 e. The number of carbonyl (C=O) groups is 1. The molecule has 23 heavy (non-hydrogen) atoms. The summed E-state index contributed by atoms with van der Waals surface area (Å²) in [7, 11) is 0. The summed E-state index contributed by atoms with van der Waals surface area (Å²) in [6, 6.07) is 9.15. The highest BCUT2D eigenvalue weighted by molar-refractivity contribution is 6.33. The van der Waals surface area contributed by atoms with Crippen molar-refractivity contribution in [1.82, 2.24) is 4.98 Å². The number of oxazole rings is 1. The van der Waals surface area contributed by atoms with Gasteiger partial charge in [0, 0.05) is 13.1 Å². The first kappa shape index (κ1) is 15.4. The molecule has 118 valence electrons. The molecule has 1 saturated heterocycles. The number of hydrogen-bond donors (Lipinski definition) is 1. The minimum Gasteiger partial charge on any atom is -0.481 e. The first-order chi connectivity index (χ1) is 11.1. The molecule has 0 saturated carbocycles. The molecule has 0 spiro atoms. The molecule has 2 heterocycles. The lowest BCUT2D eigenvalue weighted by molar-refractivity contribution is -0.142. The second-order valence-corrected chi connectivity index (χ2v) is 5.77. The summed E-state index contributed by atoms with van der Waals surface area (Å²) in [5.41, 5.74) is 0.811. The van der Waals surface area contributed by atoms with Gasteiger partial charge in [-0.3, -0.25) is 4.79 Å². The van der Waals surface area contributed by atoms with E-state index in [1.54, 1.807) is 18.2 Å². The minimum absolute atomic E-state index is 0.189. The van der Waals surface area contributed by atoms with E-state index in [1.165, 1.54) is 0 Å². The molecule has 1 N–H and O–H groups in total. The van der Waals surface area contributed by atoms with E-state index in [2.05, 4.69) is 4.98 Å². The number of benzene rings is 1. The van der Waals surface area contributed by atoms with Gasteiger partial charge in [0.15, 0.2) is 0 Å². The topological polar surface area (TPSA) is 90.4 Å². The van der Waals surface area contributed by atoms with Gasteiger partial charge >= 0.3 is 5.97 Å². The van der Waals surface area contributed by atoms with Crippen LogP contribution < -0.4 is 4.90 Å². The number of anilines is 1. The van der Waals surface area contributed by atoms with Crippen LogP contribution in [0.4, 0.5) is 5.88 Å². The van der Waals surface area contributed by atoms with Gasteiger partial charge in [0.05, 0.1) is 16.5 Å². The van der Waals surface area contributed by atoms with Crippen molar-refractivity contribution in [3.05, 3.63) is 35.0 Å². The zero-order chi connectivity index (χ0) is 16.4. The highest BCUT2D eigenvalue weighted by atomic mass is 35.5. The minimum atomic E-state index is -0.778. The molecule has 6 nitrogen and oxygen atoms in total. The summed E-state index contributed by atoms with van der Waals surface area (Å²) in [6.07, 6.45) is 1.03. The maximum Gasteiger partial charge on any atom is 0.306 e. The Labute approximate surface area is 137 Å². The molecule has 2 aromatic rings. The monoisotopic (exact) mass is 331 g/mol. The molecule has 1 fully saturated rings. The Bertz CT molecular complexity index is 773. The summed E-state index contributed by atoms with van der Waals surface area (Å²) < 4.78 is 5.77. The van der Waals surface area contributed by atoms with Crippen LogP contribution in [0.5, 0.6) is 0 Å². The highest BCUT2D eigenvalue weighted by Gasteiger charge is 2.28. The van der Waals surface area contributed by atoms with E-state index in [9.17, 15) is 10.1 Å². The van der Waals surface area contributed by atoms with Crippen molar-refractivity contribution < 1.29 is 14.3 Å². The van der Waals surface area contributed by atoms with E-state index in [0.717, 1.165) is 0 Å². The first-order valence-corrected chi connectivity index (χ1v) is 7.61. The van der Waals surface area contributed by atoms with Gasteiger partial charge in [-0.05, 0) is 25.0 Å². The van der Waals surface area contributed by atoms with Gasteiger partial charge in [-0.2, -0.15) is 10.2 Å². The van der Waals surface area contributed by atoms with E-state index in [4.69, 9.17) is 21.1 Å². The number of nitriles is 1. The fraction of sp³-hybridized carbons (Fsp3) is 0.312. The molecule has 7 heteroatoms. The molecular formula is C16H14ClN3O3. The largest absolute Gasteiger partial charge is 0.481 e. The first-order valence-electron chi connectivity index (χ1n) is 7.23. The zero-order valence-electron chi connectivity index (χ0n) is 12.2. The fourth-order valence-corrected chi connectivity index (χ4v) is 2.90. The van der Waals surface area contributed by atoms with Gasteiger partial charge in [-0.15, -0.1) is 0 Å². The summed E-state index contributed by atoms with van der Waals surface area (Å²) in [5.74, 6) is -0.448. The maximum absolute atomic E-state index is 11.0. The van der Waals surface area contributed by atoms with Crippen molar-refractivity contribution in [2.75, 3.05) is 18.0 Å². The molecule has 3 rings (SSSR count). The molecule has 0 unspecified atom stereocenters. The Balaban J connectivity index is 1.88. The Morgan fingerprint density at radius 1 is 1.39 bits per heavy atom. The Hall–Kier alpha value is -2.52. The molecule has 0 atom stereocenters. The fourth-order valence-electron chi connectivity index (χ4n) is 2.68. The molecule has 0 bridgehead atoms. The van der Waals surface area contributed by atoms with Crippen LogP contribution in [0.15, 0.2) is 28.7 Å². The molecule has 1 aliphatic rings. The second-order valence-electron chi connectivity index (χ2n) is 5.36. The van der Waals surface area contributed by atoms with Crippen LogP contribution in [0.3, 0.4) is 0 Å². The number of hydrogen-bond acceptors (Lipinski definition) is 5. The summed E-state index contributed by atoms with van der Waals surface area (Å²) >= 11 is 6.14. The number of aliphatic carboxylic acids is 1. The van der Waals surface area contributed by atoms with E-state index in [0.29, 0.717) is 48.3 Å². The van der Waals surface area contributed by atoms with E-state index >= 15 is 0 Å². The van der Waals surface area contributed by atoms with Crippen LogP contribution >= 0.6 is 11.6 Å². The molecular weight excluding hydrogens is 318 g/mol. The molecule has 0 amide bonds. The van der Waals surface area contributed by atoms with Gasteiger partial charge in [-0.1, -0.05) is 23.7 Å². The Morgan fingerprint density at radius 3 is 2.70 bits per heavy atom. The predicted molar refractivity (Wildman–Crippen MR) is 84.2 cm³/mol. The number of nitrogens with zero attached hydrogens (tertiary/aromatic N) is 3. The number of rotatable bonds is 3. The molecule has 0 aliphatic carbocycles. The summed E-state index contributed by atoms with van der Waals surface area (Å²) in [5, 5.41) is 18.8. The lowest BCUT2D eigenvalue weighted by atomic mass is 9.97. The normalized spacial score (nSPS) is 15.4. The Kier molecular flexibility index (Phi) is 4.22. The van der Waals surface area contributed by atoms with Crippen LogP contribution in [0.1, 0.15) is 18.5 Å². The quantitative estimate of drug-likeness (QED) is 0.929. The third-order valence-corrected chi connectivity index (χ3v) is 4.28. The van der Waals surface area contributed by atoms with Crippen LogP contribution in [0.2, 0.25) is 5.02 Å². The lowest BCUT2D eigenvalue weighted by Gasteiger charge is -2.29. The molecule has 0 radical (unpaired) electrons. The van der Waals surface area contributed by atoms with Gasteiger partial charge in [0.25, 0.3) is 0 Å². The SMILES string of the molecule is N#Cc1nc(-c2ccccc2Cl)oc1N1CCC(C(=O)O)CC1. The summed E-state index contributed by atoms with van der Waals surface area (Å²) in [4.78, 5) is 17.1. The zero-order valence-corrected chi connectivity index (χ0v) is 13.0. The second kappa shape index (κ2) is 6.31. The number of carboxylic acid groups (broad SMARTS) is 1. The Morgan fingerprint density at radius 2 is 2.09 bits per heavy atom. The van der Waals surface area contributed by atoms with Crippen LogP contribution in [-0.2, 0) is 4.79 Å². The highest BCUT2D eigenvalue weighted by Crippen LogP contribution is 2.33. The number of piperidine rings is 1. The number of aromatic nitrogens is 1. The third kappa shape index (κ3) is 3.01. The number of halogens is 1. The third-order valence-electron chi connectivity index (χ3n) is 3.95. The average Bonchev–Trinajstić information content (AvgIpc) is 2.99. The van der Waals surface area contributed by atoms with Crippen LogP contribution in [0.25, 0.3) is 11.5 Å². The van der Waals surface area contributed by atoms with Crippen LogP contribution in [0, 0.1) is 17.2 Å². The van der Waals surface area contributed by atoms with Crippen molar-refractivity contribution in [1.29, 1.82) is 5.26 Å². The van der Waals surface area contributed by atoms with Gasteiger partial charge in [0.2, 0.25) is 17.5 Å². The van der Waals surface area contributed by atoms with E-state index in [1.807, 2.05) is 17.0 Å². The maximum atomic E-state index is 11.0. The number of carboxylic acids is 1. The summed E-state index contributed by atoms with van der Waals surface area (Å²) in [6.45, 7) is 1.03. The molecule has 1 aromatic heterocycles. The van der Waals surface area contributed by atoms with Gasteiger partial charge in [0.1, 0.15) is 6.07 Å². The average molecular weight is 332 g/mol. The van der Waals surface area contributed by atoms with Crippen LogP contribution in [-0.4, -0.2) is 29.1 Å². The molecule has 1 aromatic carbocycles. The molecule has 1 aliphatic heterocycles. The van der Waals surface area contributed by atoms with Crippen molar-refractivity contribution in [2.45, 2.75) is 12.8 Å². The predicted octanol–water partition coefficient (Wildman–Crippen LogP) is 3.17. The van der Waals surface area contributed by atoms with Crippen molar-refractivity contribution in [3.63, 3.8) is 0 Å². The standard InChI is InChI=1S/C16H14ClN3O3/c17-12-4-2-1-3-11(12)14-19-13(9-18)15(23-14)20-7-5-10(6-8-20)16(21)22/h1-4,10H,5-8H2,(H,21,22).